The molecule has 1 atom stereocenters. The molecule has 1 unspecified atom stereocenters. The first kappa shape index (κ1) is 11.7. The van der Waals surface area contributed by atoms with E-state index in [0.717, 1.165) is 42.8 Å². The third kappa shape index (κ3) is 2.40. The average Bonchev–Trinajstić information content (AvgIpc) is 2.40. The lowest BCUT2D eigenvalue weighted by atomic mass is 10.1. The fraction of sp³-hybridized carbons (Fsp3) is 0.385. The summed E-state index contributed by atoms with van der Waals surface area (Å²) in [6.45, 7) is 1.57. The SMILES string of the molecule is Clc1nc(NC2CCCOC2)c2ccccc2n1. The number of aromatic nitrogens is 2. The molecule has 0 amide bonds. The molecule has 5 heteroatoms. The van der Waals surface area contributed by atoms with Gasteiger partial charge in [0.15, 0.2) is 0 Å². The van der Waals surface area contributed by atoms with Crippen molar-refractivity contribution < 1.29 is 4.74 Å². The number of hydrogen-bond donors (Lipinski definition) is 1. The molecule has 0 radical (unpaired) electrons. The largest absolute Gasteiger partial charge is 0.379 e. The van der Waals surface area contributed by atoms with Gasteiger partial charge in [0.05, 0.1) is 18.2 Å². The number of nitrogens with zero attached hydrogens (tertiary/aromatic N) is 2. The van der Waals surface area contributed by atoms with Crippen LogP contribution in [0.5, 0.6) is 0 Å². The molecule has 1 fully saturated rings. The van der Waals surface area contributed by atoms with E-state index in [9.17, 15) is 0 Å². The summed E-state index contributed by atoms with van der Waals surface area (Å²) in [5.41, 5.74) is 0.858. The molecule has 18 heavy (non-hydrogen) atoms. The zero-order valence-corrected chi connectivity index (χ0v) is 10.7. The van der Waals surface area contributed by atoms with Crippen LogP contribution in [0.25, 0.3) is 10.9 Å². The van der Waals surface area contributed by atoms with Gasteiger partial charge in [-0.3, -0.25) is 0 Å². The first-order valence-corrected chi connectivity index (χ1v) is 6.47. The average molecular weight is 264 g/mol. The van der Waals surface area contributed by atoms with Crippen LogP contribution in [-0.4, -0.2) is 29.2 Å². The van der Waals surface area contributed by atoms with E-state index >= 15 is 0 Å². The highest BCUT2D eigenvalue weighted by molar-refractivity contribution is 6.28. The van der Waals surface area contributed by atoms with E-state index in [4.69, 9.17) is 16.3 Å². The molecular formula is C13H14ClN3O. The molecule has 2 heterocycles. The van der Waals surface area contributed by atoms with Gasteiger partial charge < -0.3 is 10.1 Å². The van der Waals surface area contributed by atoms with Crippen molar-refractivity contribution in [2.24, 2.45) is 0 Å². The van der Waals surface area contributed by atoms with Crippen molar-refractivity contribution in [1.29, 1.82) is 0 Å². The Hall–Kier alpha value is -1.39. The Morgan fingerprint density at radius 1 is 1.28 bits per heavy atom. The Morgan fingerprint density at radius 2 is 2.17 bits per heavy atom. The summed E-state index contributed by atoms with van der Waals surface area (Å²) < 4.78 is 5.46. The topological polar surface area (TPSA) is 47.0 Å². The van der Waals surface area contributed by atoms with Crippen LogP contribution in [0.3, 0.4) is 0 Å². The normalized spacial score (nSPS) is 19.9. The van der Waals surface area contributed by atoms with Crippen molar-refractivity contribution in [2.45, 2.75) is 18.9 Å². The third-order valence-corrected chi connectivity index (χ3v) is 3.25. The number of benzene rings is 1. The van der Waals surface area contributed by atoms with Crippen molar-refractivity contribution >= 4 is 28.3 Å². The van der Waals surface area contributed by atoms with E-state index in [0.29, 0.717) is 6.04 Å². The Bertz CT molecular complexity index is 555. The predicted molar refractivity (Wildman–Crippen MR) is 72.0 cm³/mol. The van der Waals surface area contributed by atoms with Crippen LogP contribution in [-0.2, 0) is 4.74 Å². The van der Waals surface area contributed by atoms with Gasteiger partial charge in [-0.15, -0.1) is 0 Å². The molecule has 0 spiro atoms. The second-order valence-corrected chi connectivity index (χ2v) is 4.75. The van der Waals surface area contributed by atoms with Crippen molar-refractivity contribution in [1.82, 2.24) is 9.97 Å². The maximum atomic E-state index is 5.95. The van der Waals surface area contributed by atoms with Crippen LogP contribution < -0.4 is 5.32 Å². The Kier molecular flexibility index (Phi) is 3.30. The number of anilines is 1. The van der Waals surface area contributed by atoms with E-state index in [1.54, 1.807) is 0 Å². The van der Waals surface area contributed by atoms with Crippen molar-refractivity contribution in [3.8, 4) is 0 Å². The van der Waals surface area contributed by atoms with Crippen LogP contribution in [0.1, 0.15) is 12.8 Å². The number of rotatable bonds is 2. The van der Waals surface area contributed by atoms with E-state index < -0.39 is 0 Å². The Labute approximate surface area is 110 Å². The van der Waals surface area contributed by atoms with E-state index in [-0.39, 0.29) is 5.28 Å². The minimum absolute atomic E-state index is 0.271. The number of halogens is 1. The molecular weight excluding hydrogens is 250 g/mol. The number of hydrogen-bond acceptors (Lipinski definition) is 4. The molecule has 1 aliphatic heterocycles. The highest BCUT2D eigenvalue weighted by Crippen LogP contribution is 2.23. The summed E-state index contributed by atoms with van der Waals surface area (Å²) in [6, 6.07) is 8.15. The highest BCUT2D eigenvalue weighted by Gasteiger charge is 2.16. The summed E-state index contributed by atoms with van der Waals surface area (Å²) in [6.07, 6.45) is 2.17. The van der Waals surface area contributed by atoms with Gasteiger partial charge in [0, 0.05) is 12.0 Å². The standard InChI is InChI=1S/C13H14ClN3O/c14-13-16-11-6-2-1-5-10(11)12(17-13)15-9-4-3-7-18-8-9/h1-2,5-6,9H,3-4,7-8H2,(H,15,16,17). The van der Waals surface area contributed by atoms with Crippen LogP contribution in [0.15, 0.2) is 24.3 Å². The molecule has 2 aromatic rings. The molecule has 0 aliphatic carbocycles. The third-order valence-electron chi connectivity index (χ3n) is 3.08. The molecule has 1 aliphatic rings. The lowest BCUT2D eigenvalue weighted by Gasteiger charge is -2.24. The minimum atomic E-state index is 0.271. The molecule has 0 bridgehead atoms. The van der Waals surface area contributed by atoms with Crippen LogP contribution in [0.4, 0.5) is 5.82 Å². The first-order valence-electron chi connectivity index (χ1n) is 6.09. The van der Waals surface area contributed by atoms with Gasteiger partial charge in [-0.2, -0.15) is 0 Å². The monoisotopic (exact) mass is 263 g/mol. The quantitative estimate of drug-likeness (QED) is 0.847. The Morgan fingerprint density at radius 3 is 3.00 bits per heavy atom. The maximum absolute atomic E-state index is 5.95. The van der Waals surface area contributed by atoms with Crippen molar-refractivity contribution in [3.05, 3.63) is 29.5 Å². The number of fused-ring (bicyclic) bond motifs is 1. The first-order chi connectivity index (χ1) is 8.83. The van der Waals surface area contributed by atoms with E-state index in [1.165, 1.54) is 0 Å². The van der Waals surface area contributed by atoms with E-state index in [2.05, 4.69) is 15.3 Å². The lowest BCUT2D eigenvalue weighted by Crippen LogP contribution is -2.30. The lowest BCUT2D eigenvalue weighted by molar-refractivity contribution is 0.0875. The second-order valence-electron chi connectivity index (χ2n) is 4.42. The number of nitrogens with one attached hydrogen (secondary N) is 1. The summed E-state index contributed by atoms with van der Waals surface area (Å²) in [4.78, 5) is 8.50. The van der Waals surface area contributed by atoms with E-state index in [1.807, 2.05) is 24.3 Å². The predicted octanol–water partition coefficient (Wildman–Crippen LogP) is 2.87. The molecule has 94 valence electrons. The minimum Gasteiger partial charge on any atom is -0.379 e. The van der Waals surface area contributed by atoms with Crippen LogP contribution in [0, 0.1) is 0 Å². The van der Waals surface area contributed by atoms with Gasteiger partial charge in [-0.25, -0.2) is 9.97 Å². The molecule has 3 rings (SSSR count). The zero-order chi connectivity index (χ0) is 12.4. The van der Waals surface area contributed by atoms with Crippen molar-refractivity contribution in [3.63, 3.8) is 0 Å². The summed E-state index contributed by atoms with van der Waals surface area (Å²) in [7, 11) is 0. The molecule has 0 saturated carbocycles. The van der Waals surface area contributed by atoms with Crippen molar-refractivity contribution in [2.75, 3.05) is 18.5 Å². The van der Waals surface area contributed by atoms with Gasteiger partial charge in [0.1, 0.15) is 5.82 Å². The second kappa shape index (κ2) is 5.08. The molecule has 1 aromatic carbocycles. The maximum Gasteiger partial charge on any atom is 0.224 e. The van der Waals surface area contributed by atoms with Gasteiger partial charge >= 0.3 is 0 Å². The van der Waals surface area contributed by atoms with Gasteiger partial charge in [-0.05, 0) is 36.6 Å². The molecule has 1 N–H and O–H groups in total. The Balaban J connectivity index is 1.94. The van der Waals surface area contributed by atoms with Gasteiger partial charge in [0.25, 0.3) is 0 Å². The van der Waals surface area contributed by atoms with Crippen LogP contribution in [0.2, 0.25) is 5.28 Å². The number of para-hydroxylation sites is 1. The number of ether oxygens (including phenoxy) is 1. The fourth-order valence-electron chi connectivity index (χ4n) is 2.21. The molecule has 1 saturated heterocycles. The van der Waals surface area contributed by atoms with Gasteiger partial charge in [-0.1, -0.05) is 12.1 Å². The summed E-state index contributed by atoms with van der Waals surface area (Å²) in [5, 5.41) is 4.67. The zero-order valence-electron chi connectivity index (χ0n) is 9.90. The summed E-state index contributed by atoms with van der Waals surface area (Å²) in [5.74, 6) is 0.793. The molecule has 1 aromatic heterocycles. The van der Waals surface area contributed by atoms with Gasteiger partial charge in [0.2, 0.25) is 5.28 Å². The summed E-state index contributed by atoms with van der Waals surface area (Å²) >= 11 is 5.95. The van der Waals surface area contributed by atoms with Crippen LogP contribution >= 0.6 is 11.6 Å². The fourth-order valence-corrected chi connectivity index (χ4v) is 2.38. The molecule has 4 nitrogen and oxygen atoms in total. The highest BCUT2D eigenvalue weighted by atomic mass is 35.5. The smallest absolute Gasteiger partial charge is 0.224 e.